The zero-order valence-corrected chi connectivity index (χ0v) is 16.2. The summed E-state index contributed by atoms with van der Waals surface area (Å²) in [5.41, 5.74) is 3.13. The number of rotatable bonds is 3. The van der Waals surface area contributed by atoms with Gasteiger partial charge in [-0.25, -0.2) is 8.42 Å². The first kappa shape index (κ1) is 17.7. The highest BCUT2D eigenvalue weighted by atomic mass is 32.2. The molecule has 0 unspecified atom stereocenters. The van der Waals surface area contributed by atoms with Gasteiger partial charge in [0.1, 0.15) is 0 Å². The minimum absolute atomic E-state index is 0.0166. The number of benzene rings is 1. The van der Waals surface area contributed by atoms with Gasteiger partial charge in [0, 0.05) is 31.6 Å². The minimum atomic E-state index is -3.50. The summed E-state index contributed by atoms with van der Waals surface area (Å²) in [4.78, 5) is 14.5. The summed E-state index contributed by atoms with van der Waals surface area (Å²) in [6, 6.07) is 7.37. The van der Waals surface area contributed by atoms with Gasteiger partial charge in [0.2, 0.25) is 10.0 Å². The maximum Gasteiger partial charge on any atom is 0.254 e. The van der Waals surface area contributed by atoms with Crippen LogP contribution in [0.4, 0.5) is 0 Å². The van der Waals surface area contributed by atoms with Crippen LogP contribution in [0.25, 0.3) is 0 Å². The first-order valence-electron chi connectivity index (χ1n) is 8.99. The van der Waals surface area contributed by atoms with Crippen molar-refractivity contribution in [1.82, 2.24) is 9.21 Å². The lowest BCUT2D eigenvalue weighted by Gasteiger charge is -2.34. The Bertz CT molecular complexity index is 899. The number of piperazine rings is 1. The fraction of sp³-hybridized carbons (Fsp3) is 0.421. The van der Waals surface area contributed by atoms with Gasteiger partial charge in [-0.15, -0.1) is 0 Å². The Morgan fingerprint density at radius 3 is 2.38 bits per heavy atom. The topological polar surface area (TPSA) is 57.7 Å². The molecule has 7 heteroatoms. The van der Waals surface area contributed by atoms with Gasteiger partial charge >= 0.3 is 0 Å². The van der Waals surface area contributed by atoms with Crippen molar-refractivity contribution in [2.45, 2.75) is 30.6 Å². The van der Waals surface area contributed by atoms with Gasteiger partial charge in [-0.05, 0) is 60.4 Å². The summed E-state index contributed by atoms with van der Waals surface area (Å²) in [6.07, 6.45) is 4.31. The van der Waals surface area contributed by atoms with Gasteiger partial charge in [-0.3, -0.25) is 4.79 Å². The normalized spacial score (nSPS) is 18.5. The lowest BCUT2D eigenvalue weighted by atomic mass is 9.92. The van der Waals surface area contributed by atoms with E-state index >= 15 is 0 Å². The summed E-state index contributed by atoms with van der Waals surface area (Å²) < 4.78 is 27.5. The molecule has 138 valence electrons. The largest absolute Gasteiger partial charge is 0.336 e. The third-order valence-electron chi connectivity index (χ3n) is 5.25. The second-order valence-electron chi connectivity index (χ2n) is 6.85. The molecule has 0 radical (unpaired) electrons. The predicted molar refractivity (Wildman–Crippen MR) is 102 cm³/mol. The Kier molecular flexibility index (Phi) is 4.86. The molecule has 2 heterocycles. The number of carbonyl (C=O) groups is 1. The third kappa shape index (κ3) is 3.31. The number of hydrogen-bond donors (Lipinski definition) is 0. The summed E-state index contributed by atoms with van der Waals surface area (Å²) in [7, 11) is -3.50. The molecule has 0 N–H and O–H groups in total. The third-order valence-corrected chi connectivity index (χ3v) is 7.83. The van der Waals surface area contributed by atoms with Crippen LogP contribution < -0.4 is 0 Å². The lowest BCUT2D eigenvalue weighted by Crippen LogP contribution is -2.50. The quantitative estimate of drug-likeness (QED) is 0.810. The molecular weight excluding hydrogens is 368 g/mol. The van der Waals surface area contributed by atoms with Gasteiger partial charge in [0.15, 0.2) is 0 Å². The van der Waals surface area contributed by atoms with Crippen molar-refractivity contribution in [3.8, 4) is 0 Å². The van der Waals surface area contributed by atoms with Gasteiger partial charge in [0.25, 0.3) is 5.91 Å². The predicted octanol–water partition coefficient (Wildman–Crippen LogP) is 2.77. The van der Waals surface area contributed by atoms with Crippen molar-refractivity contribution < 1.29 is 13.2 Å². The molecule has 0 atom stereocenters. The number of aryl methyl sites for hydroxylation is 2. The van der Waals surface area contributed by atoms with E-state index in [-0.39, 0.29) is 5.91 Å². The molecule has 0 saturated carbocycles. The zero-order valence-electron chi connectivity index (χ0n) is 14.6. The van der Waals surface area contributed by atoms with E-state index in [0.29, 0.717) is 36.6 Å². The van der Waals surface area contributed by atoms with E-state index < -0.39 is 10.0 Å². The van der Waals surface area contributed by atoms with Crippen LogP contribution in [0.5, 0.6) is 0 Å². The smallest absolute Gasteiger partial charge is 0.254 e. The van der Waals surface area contributed by atoms with Crippen LogP contribution in [0.15, 0.2) is 39.9 Å². The Morgan fingerprint density at radius 1 is 0.962 bits per heavy atom. The summed E-state index contributed by atoms with van der Waals surface area (Å²) in [6.45, 7) is 1.54. The van der Waals surface area contributed by atoms with Crippen molar-refractivity contribution in [1.29, 1.82) is 0 Å². The molecule has 1 aliphatic heterocycles. The number of fused-ring (bicyclic) bond motifs is 1. The number of amides is 1. The average molecular weight is 391 g/mol. The number of carbonyl (C=O) groups excluding carboxylic acids is 1. The Morgan fingerprint density at radius 2 is 1.69 bits per heavy atom. The highest BCUT2D eigenvalue weighted by Gasteiger charge is 2.31. The fourth-order valence-corrected chi connectivity index (χ4v) is 5.82. The van der Waals surface area contributed by atoms with E-state index in [4.69, 9.17) is 0 Å². The van der Waals surface area contributed by atoms with Crippen LogP contribution in [0.1, 0.15) is 34.3 Å². The lowest BCUT2D eigenvalue weighted by molar-refractivity contribution is 0.0698. The Balaban J connectivity index is 1.47. The minimum Gasteiger partial charge on any atom is -0.336 e. The van der Waals surface area contributed by atoms with Gasteiger partial charge in [-0.1, -0.05) is 6.07 Å². The molecule has 4 rings (SSSR count). The standard InChI is InChI=1S/C19H22N2O3S2/c22-19(17-7-12-25-14-17)20-8-10-21(11-9-20)26(23,24)18-6-5-15-3-1-2-4-16(15)13-18/h5-7,12-14H,1-4,8-11H2. The second kappa shape index (κ2) is 7.13. The summed E-state index contributed by atoms with van der Waals surface area (Å²) in [5, 5.41) is 3.71. The van der Waals surface area contributed by atoms with Gasteiger partial charge < -0.3 is 4.90 Å². The van der Waals surface area contributed by atoms with Crippen LogP contribution in [-0.2, 0) is 22.9 Å². The van der Waals surface area contributed by atoms with Crippen molar-refractivity contribution in [2.75, 3.05) is 26.2 Å². The van der Waals surface area contributed by atoms with Crippen molar-refractivity contribution in [3.05, 3.63) is 51.7 Å². The zero-order chi connectivity index (χ0) is 18.1. The maximum absolute atomic E-state index is 13.0. The number of sulfonamides is 1. The molecule has 1 aromatic carbocycles. The molecule has 0 spiro atoms. The molecule has 26 heavy (non-hydrogen) atoms. The number of hydrogen-bond acceptors (Lipinski definition) is 4. The van der Waals surface area contributed by atoms with Crippen molar-refractivity contribution >= 4 is 27.3 Å². The second-order valence-corrected chi connectivity index (χ2v) is 9.56. The van der Waals surface area contributed by atoms with E-state index in [1.165, 1.54) is 33.2 Å². The molecule has 2 aliphatic rings. The molecule has 2 aromatic rings. The molecular formula is C19H22N2O3S2. The summed E-state index contributed by atoms with van der Waals surface area (Å²) in [5.74, 6) is -0.0166. The molecule has 1 saturated heterocycles. The number of thiophene rings is 1. The van der Waals surface area contributed by atoms with Crippen molar-refractivity contribution in [2.24, 2.45) is 0 Å². The van der Waals surface area contributed by atoms with Crippen LogP contribution >= 0.6 is 11.3 Å². The van der Waals surface area contributed by atoms with E-state index in [1.54, 1.807) is 11.0 Å². The molecule has 1 amide bonds. The molecule has 1 aromatic heterocycles. The monoisotopic (exact) mass is 390 g/mol. The molecule has 1 fully saturated rings. The van der Waals surface area contributed by atoms with Crippen LogP contribution in [-0.4, -0.2) is 49.7 Å². The average Bonchev–Trinajstić information content (AvgIpc) is 3.22. The first-order valence-corrected chi connectivity index (χ1v) is 11.4. The van der Waals surface area contributed by atoms with Gasteiger partial charge in [0.05, 0.1) is 10.5 Å². The van der Waals surface area contributed by atoms with Crippen LogP contribution in [0.3, 0.4) is 0 Å². The van der Waals surface area contributed by atoms with E-state index in [2.05, 4.69) is 0 Å². The van der Waals surface area contributed by atoms with Crippen LogP contribution in [0, 0.1) is 0 Å². The SMILES string of the molecule is O=C(c1ccsc1)N1CCN(S(=O)(=O)c2ccc3c(c2)CCCC3)CC1. The molecule has 5 nitrogen and oxygen atoms in total. The van der Waals surface area contributed by atoms with E-state index in [1.807, 2.05) is 29.0 Å². The highest BCUT2D eigenvalue weighted by Crippen LogP contribution is 2.26. The van der Waals surface area contributed by atoms with E-state index in [9.17, 15) is 13.2 Å². The first-order chi connectivity index (χ1) is 12.6. The highest BCUT2D eigenvalue weighted by molar-refractivity contribution is 7.89. The molecule has 0 bridgehead atoms. The summed E-state index contributed by atoms with van der Waals surface area (Å²) >= 11 is 1.49. The Hall–Kier alpha value is -1.70. The maximum atomic E-state index is 13.0. The molecule has 1 aliphatic carbocycles. The van der Waals surface area contributed by atoms with E-state index in [0.717, 1.165) is 19.3 Å². The van der Waals surface area contributed by atoms with Gasteiger partial charge in [-0.2, -0.15) is 15.6 Å². The van der Waals surface area contributed by atoms with Crippen molar-refractivity contribution in [3.63, 3.8) is 0 Å². The number of nitrogens with zero attached hydrogens (tertiary/aromatic N) is 2. The Labute approximate surface area is 158 Å². The van der Waals surface area contributed by atoms with Crippen LogP contribution in [0.2, 0.25) is 0 Å². The fourth-order valence-electron chi connectivity index (χ4n) is 3.72.